The normalized spacial score (nSPS) is 10.7. The Balaban J connectivity index is 0.000000133. The fourth-order valence-electron chi connectivity index (χ4n) is 13.4. The van der Waals surface area contributed by atoms with Crippen LogP contribution in [0.15, 0.2) is 426 Å². The van der Waals surface area contributed by atoms with E-state index in [2.05, 4.69) is 302 Å². The SMILES string of the molecule is Cc1ccc(-c2ccccc2)nc1.Cc1ccc(-c2cccnc2)cc1.Cc1ccc(-c2ccncc2)cc1.Cc1ccc2c(c1)C(C)(C)c1cc(F)ccc1-2.Cc1cccc(-c2ccccc2)n1.Cc1cccc(-c2cccnc2)c1.Cc1ccccc1-c1cccnc1.Cc1cccnc1-c1ccccc1.Cc1ccnc(-c2ccccc2)c1. The topological polar surface area (TPSA) is 103 Å². The van der Waals surface area contributed by atoms with Crippen molar-refractivity contribution in [1.29, 1.82) is 0 Å². The first-order valence-electron chi connectivity index (χ1n) is 40.6. The maximum atomic E-state index is 13.4. The van der Waals surface area contributed by atoms with Crippen LogP contribution in [0, 0.1) is 68.1 Å². The number of halogens is 1. The molecule has 19 rings (SSSR count). The second kappa shape index (κ2) is 45.2. The monoisotopic (exact) mass is 1580 g/mol. The molecule has 9 heteroatoms. The third kappa shape index (κ3) is 26.7. The molecule has 8 aromatic heterocycles. The Morgan fingerprint density at radius 1 is 0.223 bits per heavy atom. The first-order valence-corrected chi connectivity index (χ1v) is 40.6. The fraction of sp³-hybridized carbons (Fsp3) is 0.107. The highest BCUT2D eigenvalue weighted by Crippen LogP contribution is 2.49. The standard InChI is InChI=1S/C16H15F.8C12H11N/c1-10-4-6-12-13-7-5-11(17)9-15(13)16(2,3)14(12)8-10;1-10-2-4-11(5-3-10)12-6-8-13-9-7-12;1-10-4-2-5-11(8-10)12-6-3-7-13-9-12;1-10-4-6-11(7-5-10)12-3-2-8-13-9-12;1-10-5-2-3-7-12(10)11-6-4-8-13-9-11;1-10-6-5-9-13-12(10)11-7-3-2-4-8-11;1-10-6-5-9-12(13-10)11-7-3-2-4-8-11;1-10-7-8-13-12(9-10)11-5-3-2-4-6-11;1-10-7-8-12(13-9-10)11-5-3-2-4-6-11/h4-9H,1-3H3;8*2-9H,1H3. The van der Waals surface area contributed by atoms with Crippen molar-refractivity contribution in [3.63, 3.8) is 0 Å². The number of fused-ring (bicyclic) bond motifs is 3. The van der Waals surface area contributed by atoms with Crippen molar-refractivity contribution < 1.29 is 4.39 Å². The summed E-state index contributed by atoms with van der Waals surface area (Å²) in [5.41, 5.74) is 34.4. The van der Waals surface area contributed by atoms with Crippen LogP contribution in [0.1, 0.15) is 75.2 Å². The minimum absolute atomic E-state index is 0.0984. The zero-order valence-corrected chi connectivity index (χ0v) is 70.9. The van der Waals surface area contributed by atoms with Crippen molar-refractivity contribution >= 4 is 0 Å². The molecular formula is C112H103FN8. The van der Waals surface area contributed by atoms with Crippen LogP contribution >= 0.6 is 0 Å². The number of aryl methyl sites for hydroxylation is 9. The smallest absolute Gasteiger partial charge is 0.123 e. The van der Waals surface area contributed by atoms with Crippen molar-refractivity contribution in [3.05, 3.63) is 493 Å². The van der Waals surface area contributed by atoms with Crippen LogP contribution in [0.2, 0.25) is 0 Å². The van der Waals surface area contributed by atoms with E-state index in [-0.39, 0.29) is 11.2 Å². The van der Waals surface area contributed by atoms with Gasteiger partial charge in [-0.2, -0.15) is 0 Å². The number of rotatable bonds is 8. The van der Waals surface area contributed by atoms with Crippen LogP contribution in [0.5, 0.6) is 0 Å². The fourth-order valence-corrected chi connectivity index (χ4v) is 13.4. The van der Waals surface area contributed by atoms with Crippen molar-refractivity contribution in [2.75, 3.05) is 0 Å². The second-order valence-electron chi connectivity index (χ2n) is 30.0. The van der Waals surface area contributed by atoms with Gasteiger partial charge in [0.25, 0.3) is 0 Å². The number of hydrogen-bond donors (Lipinski definition) is 0. The molecule has 1 aliphatic rings. The lowest BCUT2D eigenvalue weighted by Crippen LogP contribution is -2.15. The number of nitrogens with zero attached hydrogens (tertiary/aromatic N) is 8. The largest absolute Gasteiger partial charge is 0.265 e. The molecule has 18 aromatic rings. The highest BCUT2D eigenvalue weighted by atomic mass is 19.1. The van der Waals surface area contributed by atoms with E-state index in [9.17, 15) is 4.39 Å². The molecule has 0 amide bonds. The predicted molar refractivity (Wildman–Crippen MR) is 504 cm³/mol. The summed E-state index contributed by atoms with van der Waals surface area (Å²) >= 11 is 0. The van der Waals surface area contributed by atoms with Crippen LogP contribution in [0.4, 0.5) is 4.39 Å². The van der Waals surface area contributed by atoms with E-state index >= 15 is 0 Å². The zero-order valence-electron chi connectivity index (χ0n) is 70.9. The number of hydrogen-bond acceptors (Lipinski definition) is 8. The van der Waals surface area contributed by atoms with Crippen LogP contribution in [0.25, 0.3) is 101 Å². The maximum absolute atomic E-state index is 13.4. The van der Waals surface area contributed by atoms with E-state index in [1.165, 1.54) is 128 Å². The molecule has 0 fully saturated rings. The predicted octanol–water partition coefficient (Wildman–Crippen LogP) is 28.9. The number of pyridine rings is 8. The molecule has 8 nitrogen and oxygen atoms in total. The van der Waals surface area contributed by atoms with E-state index in [4.69, 9.17) is 0 Å². The van der Waals surface area contributed by atoms with Crippen molar-refractivity contribution in [1.82, 2.24) is 39.9 Å². The molecule has 8 heterocycles. The Morgan fingerprint density at radius 3 is 1.21 bits per heavy atom. The average molecular weight is 1580 g/mol. The van der Waals surface area contributed by atoms with Crippen molar-refractivity contribution in [3.8, 4) is 101 Å². The molecule has 0 N–H and O–H groups in total. The highest BCUT2D eigenvalue weighted by Gasteiger charge is 2.35. The van der Waals surface area contributed by atoms with E-state index in [1.807, 2.05) is 209 Å². The van der Waals surface area contributed by atoms with E-state index in [0.29, 0.717) is 0 Å². The summed E-state index contributed by atoms with van der Waals surface area (Å²) in [6, 6.07) is 121. The van der Waals surface area contributed by atoms with Gasteiger partial charge in [0.1, 0.15) is 5.82 Å². The lowest BCUT2D eigenvalue weighted by Gasteiger charge is -2.21. The summed E-state index contributed by atoms with van der Waals surface area (Å²) in [4.78, 5) is 33.7. The summed E-state index contributed by atoms with van der Waals surface area (Å²) in [6.07, 6.45) is 20.2. The molecule has 0 aliphatic heterocycles. The summed E-state index contributed by atoms with van der Waals surface area (Å²) < 4.78 is 13.4. The molecule has 0 atom stereocenters. The molecule has 0 radical (unpaired) electrons. The molecule has 0 spiro atoms. The molecule has 1 aliphatic carbocycles. The summed E-state index contributed by atoms with van der Waals surface area (Å²) in [6.45, 7) is 23.0. The van der Waals surface area contributed by atoms with Gasteiger partial charge < -0.3 is 0 Å². The molecule has 0 saturated carbocycles. The van der Waals surface area contributed by atoms with Gasteiger partial charge in [0.15, 0.2) is 0 Å². The quantitative estimate of drug-likeness (QED) is 0.148. The summed E-state index contributed by atoms with van der Waals surface area (Å²) in [5.74, 6) is -0.152. The Hall–Kier alpha value is -14.7. The van der Waals surface area contributed by atoms with Gasteiger partial charge in [-0.3, -0.25) is 39.9 Å². The van der Waals surface area contributed by atoms with Gasteiger partial charge in [-0.05, 0) is 225 Å². The number of benzene rings is 10. The highest BCUT2D eigenvalue weighted by molar-refractivity contribution is 5.81. The summed E-state index contributed by atoms with van der Waals surface area (Å²) in [7, 11) is 0. The molecular weight excluding hydrogens is 1480 g/mol. The Labute approximate surface area is 715 Å². The zero-order chi connectivity index (χ0) is 85.0. The van der Waals surface area contributed by atoms with Crippen LogP contribution in [0.3, 0.4) is 0 Å². The lowest BCUT2D eigenvalue weighted by molar-refractivity contribution is 0.609. The molecule has 121 heavy (non-hydrogen) atoms. The Morgan fingerprint density at radius 2 is 0.669 bits per heavy atom. The molecule has 0 unspecified atom stereocenters. The van der Waals surface area contributed by atoms with E-state index < -0.39 is 0 Å². The first kappa shape index (κ1) is 87.2. The van der Waals surface area contributed by atoms with Gasteiger partial charge in [-0.15, -0.1) is 0 Å². The Bertz CT molecular complexity index is 5580. The molecule has 0 bridgehead atoms. The van der Waals surface area contributed by atoms with Crippen molar-refractivity contribution in [2.24, 2.45) is 0 Å². The second-order valence-corrected chi connectivity index (χ2v) is 30.0. The lowest BCUT2D eigenvalue weighted by atomic mass is 9.82. The Kier molecular flexibility index (Phi) is 32.5. The minimum atomic E-state index is -0.152. The first-order chi connectivity index (χ1) is 58.9. The maximum Gasteiger partial charge on any atom is 0.123 e. The van der Waals surface area contributed by atoms with Gasteiger partial charge >= 0.3 is 0 Å². The minimum Gasteiger partial charge on any atom is -0.265 e. The van der Waals surface area contributed by atoms with Crippen LogP contribution < -0.4 is 0 Å². The van der Waals surface area contributed by atoms with E-state index in [1.54, 1.807) is 30.7 Å². The van der Waals surface area contributed by atoms with E-state index in [0.717, 1.165) is 34.0 Å². The molecule has 0 saturated heterocycles. The van der Waals surface area contributed by atoms with Crippen molar-refractivity contribution in [2.45, 2.75) is 81.6 Å². The molecule has 598 valence electrons. The van der Waals surface area contributed by atoms with Gasteiger partial charge in [0.2, 0.25) is 0 Å². The van der Waals surface area contributed by atoms with Crippen LogP contribution in [-0.2, 0) is 5.41 Å². The van der Waals surface area contributed by atoms with Gasteiger partial charge in [-0.25, -0.2) is 4.39 Å². The number of aromatic nitrogens is 8. The van der Waals surface area contributed by atoms with Crippen LogP contribution in [-0.4, -0.2) is 39.9 Å². The van der Waals surface area contributed by atoms with Gasteiger partial charge in [0.05, 0.1) is 22.8 Å². The molecule has 10 aromatic carbocycles. The third-order valence-electron chi connectivity index (χ3n) is 20.0. The summed E-state index contributed by atoms with van der Waals surface area (Å²) in [5, 5.41) is 0. The van der Waals surface area contributed by atoms with Gasteiger partial charge in [0, 0.05) is 107 Å². The van der Waals surface area contributed by atoms with Gasteiger partial charge in [-0.1, -0.05) is 315 Å². The third-order valence-corrected chi connectivity index (χ3v) is 20.0. The average Bonchev–Trinajstić information content (AvgIpc) is 1.58.